The van der Waals surface area contributed by atoms with Crippen LogP contribution in [-0.4, -0.2) is 16.1 Å². The molecule has 0 spiro atoms. The monoisotopic (exact) mass is 258 g/mol. The highest BCUT2D eigenvalue weighted by molar-refractivity contribution is 5.79. The molecular weight excluding hydrogens is 240 g/mol. The summed E-state index contributed by atoms with van der Waals surface area (Å²) < 4.78 is 0. The Hall–Kier alpha value is -2.14. The van der Waals surface area contributed by atoms with Crippen LogP contribution in [0.1, 0.15) is 24.2 Å². The van der Waals surface area contributed by atoms with Crippen molar-refractivity contribution in [3.8, 4) is 0 Å². The number of H-pyrrole nitrogens is 1. The maximum absolute atomic E-state index is 12.0. The average Bonchev–Trinajstić information content (AvgIpc) is 2.97. The van der Waals surface area contributed by atoms with E-state index < -0.39 is 0 Å². The zero-order chi connectivity index (χ0) is 13.7. The summed E-state index contributed by atoms with van der Waals surface area (Å²) in [4.78, 5) is 12.0. The first-order valence-electron chi connectivity index (χ1n) is 6.25. The third-order valence-corrected chi connectivity index (χ3v) is 3.15. The first-order valence-corrected chi connectivity index (χ1v) is 6.25. The molecule has 0 radical (unpaired) electrons. The molecule has 4 N–H and O–H groups in total. The van der Waals surface area contributed by atoms with E-state index in [1.807, 2.05) is 43.3 Å². The van der Waals surface area contributed by atoms with Crippen molar-refractivity contribution in [3.63, 3.8) is 0 Å². The maximum Gasteiger partial charge on any atom is 0.225 e. The van der Waals surface area contributed by atoms with E-state index in [-0.39, 0.29) is 17.9 Å². The summed E-state index contributed by atoms with van der Waals surface area (Å²) in [6.07, 6.45) is 1.65. The third-order valence-electron chi connectivity index (χ3n) is 3.15. The highest BCUT2D eigenvalue weighted by Crippen LogP contribution is 2.19. The molecule has 0 saturated heterocycles. The lowest BCUT2D eigenvalue weighted by Gasteiger charge is -2.19. The summed E-state index contributed by atoms with van der Waals surface area (Å²) in [5.74, 6) is -0.351. The van der Waals surface area contributed by atoms with Gasteiger partial charge in [-0.3, -0.25) is 9.89 Å². The Labute approximate surface area is 112 Å². The third kappa shape index (κ3) is 3.42. The molecule has 19 heavy (non-hydrogen) atoms. The van der Waals surface area contributed by atoms with Gasteiger partial charge in [0.1, 0.15) is 0 Å². The molecule has 5 nitrogen and oxygen atoms in total. The number of aromatic nitrogens is 2. The Kier molecular flexibility index (Phi) is 4.30. The largest absolute Gasteiger partial charge is 0.350 e. The number of carbonyl (C=O) groups is 1. The van der Waals surface area contributed by atoms with Crippen molar-refractivity contribution >= 4 is 5.91 Å². The van der Waals surface area contributed by atoms with Gasteiger partial charge >= 0.3 is 0 Å². The molecule has 0 aliphatic rings. The number of benzene rings is 1. The van der Waals surface area contributed by atoms with Crippen LogP contribution in [0.25, 0.3) is 0 Å². The number of nitrogens with one attached hydrogen (secondary N) is 2. The number of hydrogen-bond acceptors (Lipinski definition) is 3. The van der Waals surface area contributed by atoms with Crippen molar-refractivity contribution in [2.24, 2.45) is 11.7 Å². The molecule has 1 aromatic carbocycles. The van der Waals surface area contributed by atoms with E-state index in [2.05, 4.69) is 15.5 Å². The number of rotatable bonds is 5. The molecule has 0 aliphatic carbocycles. The fourth-order valence-corrected chi connectivity index (χ4v) is 1.85. The van der Waals surface area contributed by atoms with Crippen LogP contribution in [0.3, 0.4) is 0 Å². The molecule has 2 atom stereocenters. The predicted molar refractivity (Wildman–Crippen MR) is 73.0 cm³/mol. The van der Waals surface area contributed by atoms with E-state index in [0.29, 0.717) is 6.54 Å². The van der Waals surface area contributed by atoms with Crippen LogP contribution in [0.15, 0.2) is 42.6 Å². The summed E-state index contributed by atoms with van der Waals surface area (Å²) >= 11 is 0. The summed E-state index contributed by atoms with van der Waals surface area (Å²) in [6, 6.07) is 11.2. The zero-order valence-electron chi connectivity index (χ0n) is 10.8. The van der Waals surface area contributed by atoms with Gasteiger partial charge in [-0.2, -0.15) is 5.10 Å². The van der Waals surface area contributed by atoms with Crippen molar-refractivity contribution in [2.75, 3.05) is 0 Å². The molecule has 1 aromatic heterocycles. The zero-order valence-corrected chi connectivity index (χ0v) is 10.8. The van der Waals surface area contributed by atoms with Gasteiger partial charge in [-0.1, -0.05) is 37.3 Å². The van der Waals surface area contributed by atoms with Crippen molar-refractivity contribution in [1.82, 2.24) is 15.5 Å². The quantitative estimate of drug-likeness (QED) is 0.757. The topological polar surface area (TPSA) is 83.8 Å². The van der Waals surface area contributed by atoms with Crippen molar-refractivity contribution in [2.45, 2.75) is 19.5 Å². The van der Waals surface area contributed by atoms with Gasteiger partial charge in [-0.15, -0.1) is 0 Å². The molecular formula is C14H18N4O. The SMILES string of the molecule is CC(C(=O)NCc1ccn[nH]1)C(N)c1ccccc1. The summed E-state index contributed by atoms with van der Waals surface area (Å²) in [6.45, 7) is 2.27. The first-order chi connectivity index (χ1) is 9.18. The molecule has 5 heteroatoms. The van der Waals surface area contributed by atoms with Crippen LogP contribution in [0.2, 0.25) is 0 Å². The van der Waals surface area contributed by atoms with Gasteiger partial charge < -0.3 is 11.1 Å². The minimum atomic E-state index is -0.303. The lowest BCUT2D eigenvalue weighted by atomic mass is 9.95. The van der Waals surface area contributed by atoms with Crippen LogP contribution in [-0.2, 0) is 11.3 Å². The standard InChI is InChI=1S/C14H18N4O/c1-10(13(15)11-5-3-2-4-6-11)14(19)16-9-12-7-8-17-18-12/h2-8,10,13H,9,15H2,1H3,(H,16,19)(H,17,18). The molecule has 0 saturated carbocycles. The second-order valence-electron chi connectivity index (χ2n) is 4.52. The lowest BCUT2D eigenvalue weighted by molar-refractivity contribution is -0.125. The van der Waals surface area contributed by atoms with E-state index in [4.69, 9.17) is 5.73 Å². The second-order valence-corrected chi connectivity index (χ2v) is 4.52. The van der Waals surface area contributed by atoms with Crippen LogP contribution >= 0.6 is 0 Å². The Balaban J connectivity index is 1.91. The molecule has 2 unspecified atom stereocenters. The van der Waals surface area contributed by atoms with Gasteiger partial charge in [0.05, 0.1) is 18.2 Å². The Morgan fingerprint density at radius 2 is 2.11 bits per heavy atom. The van der Waals surface area contributed by atoms with E-state index >= 15 is 0 Å². The van der Waals surface area contributed by atoms with Gasteiger partial charge in [-0.25, -0.2) is 0 Å². The van der Waals surface area contributed by atoms with Crippen LogP contribution in [0, 0.1) is 5.92 Å². The number of nitrogens with two attached hydrogens (primary N) is 1. The molecule has 0 bridgehead atoms. The fourth-order valence-electron chi connectivity index (χ4n) is 1.85. The summed E-state index contributed by atoms with van der Waals surface area (Å²) in [5.41, 5.74) is 7.94. The minimum absolute atomic E-state index is 0.0639. The van der Waals surface area contributed by atoms with Gasteiger partial charge in [0.2, 0.25) is 5.91 Å². The highest BCUT2D eigenvalue weighted by atomic mass is 16.1. The van der Waals surface area contributed by atoms with E-state index in [1.54, 1.807) is 6.20 Å². The number of amides is 1. The Bertz CT molecular complexity index is 510. The first kappa shape index (κ1) is 13.3. The number of aromatic amines is 1. The molecule has 2 rings (SSSR count). The van der Waals surface area contributed by atoms with Crippen molar-refractivity contribution in [1.29, 1.82) is 0 Å². The Morgan fingerprint density at radius 3 is 2.74 bits per heavy atom. The number of carbonyl (C=O) groups excluding carboxylic acids is 1. The number of nitrogens with zero attached hydrogens (tertiary/aromatic N) is 1. The lowest BCUT2D eigenvalue weighted by Crippen LogP contribution is -2.35. The van der Waals surface area contributed by atoms with Crippen molar-refractivity contribution < 1.29 is 4.79 Å². The Morgan fingerprint density at radius 1 is 1.37 bits per heavy atom. The predicted octanol–water partition coefficient (Wildman–Crippen LogP) is 1.36. The van der Waals surface area contributed by atoms with Gasteiger partial charge in [0, 0.05) is 12.2 Å². The van der Waals surface area contributed by atoms with Crippen LogP contribution < -0.4 is 11.1 Å². The minimum Gasteiger partial charge on any atom is -0.350 e. The molecule has 0 aliphatic heterocycles. The molecule has 0 fully saturated rings. The van der Waals surface area contributed by atoms with E-state index in [9.17, 15) is 4.79 Å². The van der Waals surface area contributed by atoms with Crippen molar-refractivity contribution in [3.05, 3.63) is 53.9 Å². The van der Waals surface area contributed by atoms with Gasteiger partial charge in [0.25, 0.3) is 0 Å². The molecule has 1 amide bonds. The molecule has 100 valence electrons. The van der Waals surface area contributed by atoms with E-state index in [0.717, 1.165) is 11.3 Å². The summed E-state index contributed by atoms with van der Waals surface area (Å²) in [5, 5.41) is 9.47. The maximum atomic E-state index is 12.0. The normalized spacial score (nSPS) is 13.8. The molecule has 1 heterocycles. The summed E-state index contributed by atoms with van der Waals surface area (Å²) in [7, 11) is 0. The smallest absolute Gasteiger partial charge is 0.225 e. The highest BCUT2D eigenvalue weighted by Gasteiger charge is 2.21. The molecule has 2 aromatic rings. The van der Waals surface area contributed by atoms with Gasteiger partial charge in [0.15, 0.2) is 0 Å². The van der Waals surface area contributed by atoms with Crippen LogP contribution in [0.4, 0.5) is 0 Å². The van der Waals surface area contributed by atoms with Gasteiger partial charge in [-0.05, 0) is 11.6 Å². The second kappa shape index (κ2) is 6.15. The van der Waals surface area contributed by atoms with E-state index in [1.165, 1.54) is 0 Å². The fraction of sp³-hybridized carbons (Fsp3) is 0.286. The average molecular weight is 258 g/mol. The van der Waals surface area contributed by atoms with Crippen LogP contribution in [0.5, 0.6) is 0 Å². The number of hydrogen-bond donors (Lipinski definition) is 3.